The minimum absolute atomic E-state index is 0.0565. The first kappa shape index (κ1) is 22.6. The molecule has 0 radical (unpaired) electrons. The molecule has 2 heterocycles. The second-order valence-electron chi connectivity index (χ2n) is 9.07. The molecular formula is C26H27ClN4O3. The second-order valence-corrected chi connectivity index (χ2v) is 9.41. The highest BCUT2D eigenvalue weighted by atomic mass is 35.5. The van der Waals surface area contributed by atoms with Crippen molar-refractivity contribution < 1.29 is 14.7 Å². The number of aromatic nitrogens is 2. The van der Waals surface area contributed by atoms with Crippen LogP contribution in [0.5, 0.6) is 0 Å². The number of carbonyl (C=O) groups excluding carboxylic acids is 1. The van der Waals surface area contributed by atoms with Crippen molar-refractivity contribution in [2.75, 3.05) is 18.4 Å². The second kappa shape index (κ2) is 9.58. The summed E-state index contributed by atoms with van der Waals surface area (Å²) in [6.45, 7) is 1.00. The van der Waals surface area contributed by atoms with Crippen LogP contribution in [0.4, 0.5) is 5.82 Å². The molecule has 0 spiro atoms. The maximum Gasteiger partial charge on any atom is 0.307 e. The minimum Gasteiger partial charge on any atom is -0.481 e. The zero-order chi connectivity index (χ0) is 23.7. The Morgan fingerprint density at radius 3 is 2.59 bits per heavy atom. The van der Waals surface area contributed by atoms with Crippen molar-refractivity contribution in [1.29, 1.82) is 0 Å². The normalized spacial score (nSPS) is 22.3. The van der Waals surface area contributed by atoms with E-state index in [1.165, 1.54) is 5.56 Å². The van der Waals surface area contributed by atoms with E-state index in [-0.39, 0.29) is 17.2 Å². The molecule has 0 bridgehead atoms. The molecular weight excluding hydrogens is 452 g/mol. The third-order valence-electron chi connectivity index (χ3n) is 7.13. The van der Waals surface area contributed by atoms with Crippen LogP contribution in [0.3, 0.4) is 0 Å². The predicted octanol–water partition coefficient (Wildman–Crippen LogP) is 4.71. The van der Waals surface area contributed by atoms with Crippen molar-refractivity contribution in [3.63, 3.8) is 0 Å². The number of nitrogens with zero attached hydrogens (tertiary/aromatic N) is 3. The van der Waals surface area contributed by atoms with E-state index < -0.39 is 17.8 Å². The number of carbonyl (C=O) groups is 2. The average molecular weight is 479 g/mol. The van der Waals surface area contributed by atoms with Gasteiger partial charge in [0.05, 0.1) is 23.4 Å². The summed E-state index contributed by atoms with van der Waals surface area (Å²) in [5.74, 6) is -1.40. The minimum atomic E-state index is -0.868. The van der Waals surface area contributed by atoms with Crippen LogP contribution in [-0.2, 0) is 16.0 Å². The Balaban J connectivity index is 1.46. The highest BCUT2D eigenvalue weighted by Gasteiger charge is 2.41. The number of nitrogens with one attached hydrogen (secondary N) is 1. The summed E-state index contributed by atoms with van der Waals surface area (Å²) in [5.41, 5.74) is 3.04. The predicted molar refractivity (Wildman–Crippen MR) is 131 cm³/mol. The first-order valence-corrected chi connectivity index (χ1v) is 12.2. The van der Waals surface area contributed by atoms with E-state index in [0.717, 1.165) is 35.7 Å². The molecule has 7 nitrogen and oxygen atoms in total. The first-order valence-electron chi connectivity index (χ1n) is 11.8. The number of benzene rings is 2. The Labute approximate surface area is 203 Å². The van der Waals surface area contributed by atoms with Crippen LogP contribution in [0.25, 0.3) is 10.9 Å². The van der Waals surface area contributed by atoms with E-state index in [0.29, 0.717) is 31.7 Å². The number of halogens is 1. The van der Waals surface area contributed by atoms with Crippen LogP contribution in [-0.4, -0.2) is 44.9 Å². The van der Waals surface area contributed by atoms with Gasteiger partial charge in [-0.05, 0) is 54.1 Å². The molecule has 2 aromatic carbocycles. The van der Waals surface area contributed by atoms with Gasteiger partial charge < -0.3 is 15.3 Å². The van der Waals surface area contributed by atoms with Gasteiger partial charge in [-0.3, -0.25) is 9.59 Å². The molecule has 0 saturated heterocycles. The van der Waals surface area contributed by atoms with Gasteiger partial charge in [0.1, 0.15) is 5.82 Å². The molecule has 1 amide bonds. The third kappa shape index (κ3) is 4.32. The molecule has 1 aromatic heterocycles. The summed E-state index contributed by atoms with van der Waals surface area (Å²) in [5, 5.41) is 14.2. The number of amides is 1. The van der Waals surface area contributed by atoms with Gasteiger partial charge in [-0.15, -0.1) is 0 Å². The lowest BCUT2D eigenvalue weighted by molar-refractivity contribution is -0.153. The van der Waals surface area contributed by atoms with Gasteiger partial charge in [-0.1, -0.05) is 49.2 Å². The fraction of sp³-hybridized carbons (Fsp3) is 0.385. The summed E-state index contributed by atoms with van der Waals surface area (Å²) in [7, 11) is 0. The Bertz CT molecular complexity index is 1230. The Morgan fingerprint density at radius 2 is 1.76 bits per heavy atom. The zero-order valence-electron chi connectivity index (χ0n) is 18.8. The van der Waals surface area contributed by atoms with E-state index >= 15 is 0 Å². The van der Waals surface area contributed by atoms with Crippen molar-refractivity contribution in [3.8, 4) is 0 Å². The maximum absolute atomic E-state index is 13.8. The quantitative estimate of drug-likeness (QED) is 0.515. The summed E-state index contributed by atoms with van der Waals surface area (Å²) in [6.07, 6.45) is 3.69. The van der Waals surface area contributed by atoms with Crippen LogP contribution < -0.4 is 5.32 Å². The van der Waals surface area contributed by atoms with Crippen LogP contribution in [0.1, 0.15) is 42.9 Å². The van der Waals surface area contributed by atoms with Crippen LogP contribution in [0.15, 0.2) is 48.5 Å². The Hall–Kier alpha value is -3.19. The molecule has 1 fully saturated rings. The summed E-state index contributed by atoms with van der Waals surface area (Å²) in [6, 6.07) is 15.6. The molecule has 2 N–H and O–H groups in total. The Morgan fingerprint density at radius 1 is 1.03 bits per heavy atom. The zero-order valence-corrected chi connectivity index (χ0v) is 19.5. The Kier molecular flexibility index (Phi) is 6.37. The number of carboxylic acid groups (broad SMARTS) is 1. The SMILES string of the molecule is O=C(O)[C@H]1CCCC[C@H]1C(=O)N1CCc2ccccc2[C@H]1CNc1nc(Cl)nc2ccccc12. The van der Waals surface area contributed by atoms with E-state index in [9.17, 15) is 14.7 Å². The number of carboxylic acids is 1. The summed E-state index contributed by atoms with van der Waals surface area (Å²) < 4.78 is 0. The topological polar surface area (TPSA) is 95.4 Å². The van der Waals surface area contributed by atoms with Crippen molar-refractivity contribution in [1.82, 2.24) is 14.9 Å². The number of hydrogen-bond acceptors (Lipinski definition) is 5. The molecule has 0 unspecified atom stereocenters. The van der Waals surface area contributed by atoms with Crippen molar-refractivity contribution in [3.05, 3.63) is 64.9 Å². The number of hydrogen-bond donors (Lipinski definition) is 2. The van der Waals surface area contributed by atoms with Gasteiger partial charge >= 0.3 is 5.97 Å². The van der Waals surface area contributed by atoms with Gasteiger partial charge in [0.15, 0.2) is 0 Å². The van der Waals surface area contributed by atoms with Crippen molar-refractivity contribution in [2.45, 2.75) is 38.1 Å². The number of anilines is 1. The number of rotatable bonds is 5. The third-order valence-corrected chi connectivity index (χ3v) is 7.30. The molecule has 1 saturated carbocycles. The smallest absolute Gasteiger partial charge is 0.307 e. The van der Waals surface area contributed by atoms with Gasteiger partial charge in [0, 0.05) is 18.5 Å². The van der Waals surface area contributed by atoms with Crippen LogP contribution >= 0.6 is 11.6 Å². The number of aliphatic carboxylic acids is 1. The molecule has 2 aliphatic rings. The molecule has 5 rings (SSSR count). The molecule has 34 heavy (non-hydrogen) atoms. The molecule has 8 heteroatoms. The first-order chi connectivity index (χ1) is 16.5. The average Bonchev–Trinajstić information content (AvgIpc) is 2.86. The lowest BCUT2D eigenvalue weighted by Gasteiger charge is -2.41. The van der Waals surface area contributed by atoms with Crippen molar-refractivity contribution in [2.24, 2.45) is 11.8 Å². The lowest BCUT2D eigenvalue weighted by atomic mass is 9.77. The molecule has 1 aliphatic heterocycles. The van der Waals surface area contributed by atoms with Gasteiger partial charge in [0.2, 0.25) is 11.2 Å². The summed E-state index contributed by atoms with van der Waals surface area (Å²) in [4.78, 5) is 36.2. The van der Waals surface area contributed by atoms with Crippen LogP contribution in [0.2, 0.25) is 5.28 Å². The van der Waals surface area contributed by atoms with E-state index in [4.69, 9.17) is 11.6 Å². The highest BCUT2D eigenvalue weighted by Crippen LogP contribution is 2.37. The van der Waals surface area contributed by atoms with E-state index in [1.54, 1.807) is 0 Å². The largest absolute Gasteiger partial charge is 0.481 e. The fourth-order valence-corrected chi connectivity index (χ4v) is 5.62. The van der Waals surface area contributed by atoms with Gasteiger partial charge in [0.25, 0.3) is 0 Å². The maximum atomic E-state index is 13.8. The molecule has 3 atom stereocenters. The number of fused-ring (bicyclic) bond motifs is 2. The number of para-hydroxylation sites is 1. The fourth-order valence-electron chi connectivity index (χ4n) is 5.45. The highest BCUT2D eigenvalue weighted by molar-refractivity contribution is 6.28. The monoisotopic (exact) mass is 478 g/mol. The summed E-state index contributed by atoms with van der Waals surface area (Å²) >= 11 is 6.17. The molecule has 176 valence electrons. The molecule has 1 aliphatic carbocycles. The van der Waals surface area contributed by atoms with Crippen LogP contribution in [0, 0.1) is 11.8 Å². The standard InChI is InChI=1S/C26H27ClN4O3/c27-26-29-21-12-6-5-11-20(21)23(30-26)28-15-22-17-8-2-1-7-16(17)13-14-31(22)24(32)18-9-3-4-10-19(18)25(33)34/h1-2,5-8,11-12,18-19,22H,3-4,9-10,13-15H2,(H,33,34)(H,28,29,30)/t18-,19+,22-/m1/s1. The van der Waals surface area contributed by atoms with E-state index in [1.807, 2.05) is 41.3 Å². The van der Waals surface area contributed by atoms with E-state index in [2.05, 4.69) is 27.4 Å². The van der Waals surface area contributed by atoms with Crippen molar-refractivity contribution >= 4 is 40.2 Å². The van der Waals surface area contributed by atoms with Gasteiger partial charge in [-0.2, -0.15) is 0 Å². The van der Waals surface area contributed by atoms with Gasteiger partial charge in [-0.25, -0.2) is 9.97 Å². The lowest BCUT2D eigenvalue weighted by Crippen LogP contribution is -2.48. The molecule has 3 aromatic rings.